The van der Waals surface area contributed by atoms with E-state index in [0.717, 1.165) is 68.0 Å². The Labute approximate surface area is 231 Å². The third-order valence-electron chi connectivity index (χ3n) is 11.9. The minimum Gasteiger partial charge on any atom is -0.381 e. The first-order valence-electron chi connectivity index (χ1n) is 16.4. The van der Waals surface area contributed by atoms with Gasteiger partial charge in [-0.1, -0.05) is 72.5 Å². The molecule has 0 bridgehead atoms. The minimum atomic E-state index is -0.0959. The molecule has 3 saturated carbocycles. The van der Waals surface area contributed by atoms with Crippen molar-refractivity contribution in [2.75, 3.05) is 13.2 Å². The fourth-order valence-corrected chi connectivity index (χ4v) is 9.83. The fourth-order valence-electron chi connectivity index (χ4n) is 9.83. The van der Waals surface area contributed by atoms with Crippen molar-refractivity contribution in [1.29, 1.82) is 0 Å². The Kier molecular flexibility index (Phi) is 9.64. The Balaban J connectivity index is 1.38. The van der Waals surface area contributed by atoms with Gasteiger partial charge in [-0.25, -0.2) is 0 Å². The second-order valence-electron chi connectivity index (χ2n) is 15.4. The molecular weight excluding hydrogens is 452 g/mol. The van der Waals surface area contributed by atoms with Crippen LogP contribution in [-0.2, 0) is 9.47 Å². The van der Waals surface area contributed by atoms with E-state index in [4.69, 9.17) is 9.47 Å². The summed E-state index contributed by atoms with van der Waals surface area (Å²) in [5.41, 5.74) is 2.66. The summed E-state index contributed by atoms with van der Waals surface area (Å²) in [7, 11) is 0. The van der Waals surface area contributed by atoms with Crippen molar-refractivity contribution in [3.8, 4) is 0 Å². The van der Waals surface area contributed by atoms with Crippen LogP contribution in [0.4, 0.5) is 0 Å². The van der Waals surface area contributed by atoms with Gasteiger partial charge in [-0.15, -0.1) is 0 Å². The molecule has 3 unspecified atom stereocenters. The van der Waals surface area contributed by atoms with E-state index < -0.39 is 0 Å². The van der Waals surface area contributed by atoms with E-state index >= 15 is 0 Å². The molecule has 2 heteroatoms. The van der Waals surface area contributed by atoms with E-state index in [1.54, 1.807) is 5.57 Å². The van der Waals surface area contributed by atoms with Crippen LogP contribution < -0.4 is 0 Å². The molecule has 2 nitrogen and oxygen atoms in total. The molecule has 0 aromatic rings. The SMILES string of the molecule is CCCOCCC(C)(C)O[C@H]1CC[C@@]2(C)C(=CCC3C2CC[C@@]2(C)C3CC[C@@H]2[C@H](C)CCCC(C)C)C1. The highest BCUT2D eigenvalue weighted by molar-refractivity contribution is 5.25. The van der Waals surface area contributed by atoms with Crippen molar-refractivity contribution in [1.82, 2.24) is 0 Å². The molecule has 4 rings (SSSR count). The Morgan fingerprint density at radius 2 is 1.76 bits per heavy atom. The zero-order valence-electron chi connectivity index (χ0n) is 26.0. The lowest BCUT2D eigenvalue weighted by molar-refractivity contribution is -0.111. The number of hydrogen-bond donors (Lipinski definition) is 0. The Bertz CT molecular complexity index is 767. The third kappa shape index (κ3) is 6.37. The van der Waals surface area contributed by atoms with Crippen LogP contribution in [-0.4, -0.2) is 24.9 Å². The highest BCUT2D eigenvalue weighted by atomic mass is 16.5. The summed E-state index contributed by atoms with van der Waals surface area (Å²) in [4.78, 5) is 0. The van der Waals surface area contributed by atoms with E-state index in [1.165, 1.54) is 64.2 Å². The van der Waals surface area contributed by atoms with Gasteiger partial charge < -0.3 is 9.47 Å². The van der Waals surface area contributed by atoms with Gasteiger partial charge in [0.25, 0.3) is 0 Å². The van der Waals surface area contributed by atoms with E-state index in [0.29, 0.717) is 16.9 Å². The maximum atomic E-state index is 6.74. The van der Waals surface area contributed by atoms with Crippen LogP contribution in [0.15, 0.2) is 11.6 Å². The molecular formula is C35H62O2. The molecule has 214 valence electrons. The van der Waals surface area contributed by atoms with Crippen molar-refractivity contribution in [3.63, 3.8) is 0 Å². The fraction of sp³-hybridized carbons (Fsp3) is 0.943. The Morgan fingerprint density at radius 3 is 2.49 bits per heavy atom. The summed E-state index contributed by atoms with van der Waals surface area (Å²) in [6.45, 7) is 21.1. The Morgan fingerprint density at radius 1 is 0.973 bits per heavy atom. The van der Waals surface area contributed by atoms with Crippen LogP contribution in [0, 0.1) is 46.3 Å². The molecule has 37 heavy (non-hydrogen) atoms. The van der Waals surface area contributed by atoms with Crippen molar-refractivity contribution in [2.45, 2.75) is 151 Å². The average molecular weight is 515 g/mol. The van der Waals surface area contributed by atoms with E-state index in [1.807, 2.05) is 0 Å². The van der Waals surface area contributed by atoms with Crippen LogP contribution in [0.3, 0.4) is 0 Å². The molecule has 0 aromatic heterocycles. The van der Waals surface area contributed by atoms with Gasteiger partial charge in [-0.2, -0.15) is 0 Å². The molecule has 0 aliphatic heterocycles. The second-order valence-corrected chi connectivity index (χ2v) is 15.4. The van der Waals surface area contributed by atoms with Crippen LogP contribution in [0.5, 0.6) is 0 Å². The number of hydrogen-bond acceptors (Lipinski definition) is 2. The van der Waals surface area contributed by atoms with Crippen molar-refractivity contribution in [3.05, 3.63) is 11.6 Å². The van der Waals surface area contributed by atoms with Gasteiger partial charge in [0.2, 0.25) is 0 Å². The first-order valence-corrected chi connectivity index (χ1v) is 16.4. The standard InChI is InChI=1S/C35H62O2/c1-9-22-36-23-21-33(5,6)37-28-17-19-34(7)27(24-28)13-14-29-31-16-15-30(26(4)12-10-11-25(2)3)35(31,8)20-18-32(29)34/h13,25-26,28-32H,9-12,14-24H2,1-8H3/t26-,28+,29?,30-,31?,32?,34+,35-/m1/s1. The molecule has 0 aromatic carbocycles. The van der Waals surface area contributed by atoms with Gasteiger partial charge in [-0.3, -0.25) is 0 Å². The molecule has 0 N–H and O–H groups in total. The van der Waals surface area contributed by atoms with Gasteiger partial charge in [0.1, 0.15) is 0 Å². The monoisotopic (exact) mass is 514 g/mol. The minimum absolute atomic E-state index is 0.0959. The molecule has 0 spiro atoms. The van der Waals surface area contributed by atoms with E-state index in [9.17, 15) is 0 Å². The molecule has 0 radical (unpaired) electrons. The summed E-state index contributed by atoms with van der Waals surface area (Å²) in [6, 6.07) is 0. The lowest BCUT2D eigenvalue weighted by Crippen LogP contribution is -2.51. The van der Waals surface area contributed by atoms with Crippen LogP contribution >= 0.6 is 0 Å². The highest BCUT2D eigenvalue weighted by Gasteiger charge is 2.59. The average Bonchev–Trinajstić information content (AvgIpc) is 3.19. The maximum Gasteiger partial charge on any atom is 0.0652 e. The number of fused-ring (bicyclic) bond motifs is 5. The molecule has 4 aliphatic carbocycles. The summed E-state index contributed by atoms with van der Waals surface area (Å²) in [5, 5.41) is 0. The summed E-state index contributed by atoms with van der Waals surface area (Å²) in [5.74, 6) is 5.48. The first-order chi connectivity index (χ1) is 17.5. The zero-order chi connectivity index (χ0) is 26.8. The van der Waals surface area contributed by atoms with Gasteiger partial charge in [0.05, 0.1) is 11.7 Å². The summed E-state index contributed by atoms with van der Waals surface area (Å²) >= 11 is 0. The summed E-state index contributed by atoms with van der Waals surface area (Å²) < 4.78 is 12.5. The molecule has 0 heterocycles. The maximum absolute atomic E-state index is 6.74. The normalized spacial score (nSPS) is 38.6. The molecule has 4 aliphatic rings. The van der Waals surface area contributed by atoms with Crippen molar-refractivity contribution in [2.24, 2.45) is 46.3 Å². The van der Waals surface area contributed by atoms with Gasteiger partial charge in [0, 0.05) is 13.2 Å². The first kappa shape index (κ1) is 29.6. The van der Waals surface area contributed by atoms with Crippen molar-refractivity contribution >= 4 is 0 Å². The highest BCUT2D eigenvalue weighted by Crippen LogP contribution is 2.67. The van der Waals surface area contributed by atoms with Gasteiger partial charge in [0.15, 0.2) is 0 Å². The predicted octanol–water partition coefficient (Wildman–Crippen LogP) is 10.0. The van der Waals surface area contributed by atoms with Crippen LogP contribution in [0.1, 0.15) is 139 Å². The lowest BCUT2D eigenvalue weighted by atomic mass is 9.47. The number of allylic oxidation sites excluding steroid dienone is 1. The molecule has 0 amide bonds. The molecule has 3 fully saturated rings. The third-order valence-corrected chi connectivity index (χ3v) is 11.9. The summed E-state index contributed by atoms with van der Waals surface area (Å²) in [6.07, 6.45) is 20.5. The van der Waals surface area contributed by atoms with E-state index in [-0.39, 0.29) is 5.60 Å². The smallest absolute Gasteiger partial charge is 0.0652 e. The van der Waals surface area contributed by atoms with Gasteiger partial charge >= 0.3 is 0 Å². The largest absolute Gasteiger partial charge is 0.381 e. The van der Waals surface area contributed by atoms with Crippen LogP contribution in [0.25, 0.3) is 0 Å². The van der Waals surface area contributed by atoms with Crippen LogP contribution in [0.2, 0.25) is 0 Å². The lowest BCUT2D eigenvalue weighted by Gasteiger charge is -2.58. The molecule has 0 saturated heterocycles. The number of rotatable bonds is 12. The topological polar surface area (TPSA) is 18.5 Å². The van der Waals surface area contributed by atoms with Gasteiger partial charge in [-0.05, 0) is 124 Å². The quantitative estimate of drug-likeness (QED) is 0.190. The zero-order valence-corrected chi connectivity index (χ0v) is 26.0. The van der Waals surface area contributed by atoms with E-state index in [2.05, 4.69) is 61.5 Å². The molecule has 8 atom stereocenters. The predicted molar refractivity (Wildman–Crippen MR) is 158 cm³/mol. The van der Waals surface area contributed by atoms with Crippen molar-refractivity contribution < 1.29 is 9.47 Å². The second kappa shape index (κ2) is 12.0. The number of ether oxygens (including phenoxy) is 2. The Hall–Kier alpha value is -0.340.